The number of aromatic nitrogens is 5. The highest BCUT2D eigenvalue weighted by Gasteiger charge is 2.54. The first-order valence-electron chi connectivity index (χ1n) is 18.8. The number of nitrogens with zero attached hydrogens (tertiary/aromatic N) is 7. The summed E-state index contributed by atoms with van der Waals surface area (Å²) >= 11 is 3.39. The van der Waals surface area contributed by atoms with E-state index < -0.39 is 75.5 Å². The van der Waals surface area contributed by atoms with Gasteiger partial charge in [-0.2, -0.15) is 9.50 Å². The van der Waals surface area contributed by atoms with Gasteiger partial charge in [-0.1, -0.05) is 5.16 Å². The van der Waals surface area contributed by atoms with Gasteiger partial charge in [0.05, 0.1) is 6.54 Å². The molecule has 2 atom stereocenters. The number of carbonyl (C=O) groups is 6. The maximum atomic E-state index is 13.8. The minimum atomic E-state index is -1.84. The van der Waals surface area contributed by atoms with E-state index in [9.17, 15) is 54.3 Å². The van der Waals surface area contributed by atoms with Gasteiger partial charge in [0.25, 0.3) is 35.3 Å². The largest absolute Gasteiger partial charge is 0.504 e. The average molecular weight is 949 g/mol. The Morgan fingerprint density at radius 3 is 2.26 bits per heavy atom. The van der Waals surface area contributed by atoms with Crippen LogP contribution in [0.3, 0.4) is 0 Å². The van der Waals surface area contributed by atoms with Crippen molar-refractivity contribution in [2.75, 3.05) is 17.2 Å². The number of benzene rings is 2. The number of phenolic OH excluding ortho intramolecular Hbond substituents is 4. The molecule has 5 amide bonds. The lowest BCUT2D eigenvalue weighted by atomic mass is 10.0. The summed E-state index contributed by atoms with van der Waals surface area (Å²) in [5.41, 5.74) is 8.43. The number of phenols is 4. The summed E-state index contributed by atoms with van der Waals surface area (Å²) in [4.78, 5) is 97.7. The van der Waals surface area contributed by atoms with Gasteiger partial charge in [0.15, 0.2) is 39.7 Å². The Labute approximate surface area is 377 Å². The maximum absolute atomic E-state index is 13.8. The topological polar surface area (TPSA) is 359 Å². The number of hydrazine groups is 1. The molecule has 65 heavy (non-hydrogen) atoms. The molecule has 2 aliphatic heterocycles. The molecule has 0 aliphatic carbocycles. The molecule has 2 aliphatic rings. The van der Waals surface area contributed by atoms with Crippen molar-refractivity contribution in [1.29, 1.82) is 0 Å². The number of aryl methyl sites for hydroxylation is 1. The second-order valence-corrected chi connectivity index (χ2v) is 17.5. The SMILES string of the molecule is Cc1cc(SCC2=C(C(=O)O)N3C(=O)[C@@H](NC(=O)/C(=N\OC(C)(C)C(=O)NNC(=O)c4ccc(O)c(O)c4)c4csc(N)n4)[C@H]3SC2)n2nc(CNC(=O)c3ccc(O)c(O)c3)nc2n1. The second kappa shape index (κ2) is 18.2. The summed E-state index contributed by atoms with van der Waals surface area (Å²) in [5, 5.41) is 63.5. The quantitative estimate of drug-likeness (QED) is 0.0183. The van der Waals surface area contributed by atoms with Crippen molar-refractivity contribution >= 4 is 87.0 Å². The summed E-state index contributed by atoms with van der Waals surface area (Å²) in [5.74, 6) is -6.57. The summed E-state index contributed by atoms with van der Waals surface area (Å²) < 4.78 is 1.43. The lowest BCUT2D eigenvalue weighted by molar-refractivity contribution is -0.150. The molecule has 0 saturated carbocycles. The van der Waals surface area contributed by atoms with Crippen LogP contribution < -0.4 is 27.2 Å². The molecule has 3 aromatic heterocycles. The standard InChI is InChI=1S/C38H36N12O12S3/c1-15-8-25(50-37(41-15)43-24(47-50)11-40-29(55)16-4-6-20(51)22(53)9-16)63-12-18-13-64-33-27(32(58)49(33)28(18)34(59)60)44-31(57)26(19-14-65-36(39)42-19)48-62-38(2,3)35(61)46-45-30(56)17-5-7-21(52)23(54)10-17/h4-10,14,27,33,51-54H,11-13H2,1-3H3,(H2,39,42)(H,40,55)(H,44,57)(H,45,56)(H,46,61)(H,59,60)/b48-26-/t27-,33-/m1/s1. The Kier molecular flexibility index (Phi) is 12.7. The first-order chi connectivity index (χ1) is 30.8. The normalized spacial score (nSPS) is 16.1. The highest BCUT2D eigenvalue weighted by atomic mass is 32.2. The lowest BCUT2D eigenvalue weighted by Crippen LogP contribution is -2.71. The predicted octanol–water partition coefficient (Wildman–Crippen LogP) is 0.715. The first-order valence-corrected chi connectivity index (χ1v) is 21.7. The van der Waals surface area contributed by atoms with Crippen LogP contribution in [0.5, 0.6) is 23.0 Å². The number of oxime groups is 1. The molecule has 27 heteroatoms. The second-order valence-electron chi connectivity index (χ2n) is 14.5. The maximum Gasteiger partial charge on any atom is 0.352 e. The van der Waals surface area contributed by atoms with E-state index in [-0.39, 0.29) is 63.1 Å². The minimum absolute atomic E-state index is 0.0563. The van der Waals surface area contributed by atoms with E-state index in [0.29, 0.717) is 16.3 Å². The molecular weight excluding hydrogens is 913 g/mol. The molecular formula is C38H36N12O12S3. The number of hydrogen-bond acceptors (Lipinski definition) is 20. The first kappa shape index (κ1) is 45.4. The van der Waals surface area contributed by atoms with E-state index >= 15 is 0 Å². The molecule has 0 spiro atoms. The van der Waals surface area contributed by atoms with Gasteiger partial charge in [0.1, 0.15) is 27.8 Å². The van der Waals surface area contributed by atoms with Crippen LogP contribution in [-0.2, 0) is 30.6 Å². The van der Waals surface area contributed by atoms with Crippen LogP contribution in [0.1, 0.15) is 51.8 Å². The number of thiazole rings is 1. The predicted molar refractivity (Wildman–Crippen MR) is 230 cm³/mol. The number of anilines is 1. The van der Waals surface area contributed by atoms with Crippen molar-refractivity contribution in [1.82, 2.24) is 51.0 Å². The van der Waals surface area contributed by atoms with Crippen LogP contribution >= 0.6 is 34.9 Å². The monoisotopic (exact) mass is 948 g/mol. The fourth-order valence-electron chi connectivity index (χ4n) is 6.07. The fraction of sp³-hybridized carbons (Fsp3) is 0.237. The number of aromatic hydroxyl groups is 4. The van der Waals surface area contributed by atoms with Crippen LogP contribution in [0.4, 0.5) is 5.13 Å². The number of carbonyl (C=O) groups excluding carboxylic acids is 5. The van der Waals surface area contributed by atoms with E-state index in [1.165, 1.54) is 65.5 Å². The number of amides is 5. The van der Waals surface area contributed by atoms with Crippen molar-refractivity contribution in [2.24, 2.45) is 5.16 Å². The highest BCUT2D eigenvalue weighted by molar-refractivity contribution is 8.01. The number of nitrogen functional groups attached to an aromatic ring is 1. The Balaban J connectivity index is 1.01. The number of rotatable bonds is 14. The van der Waals surface area contributed by atoms with E-state index in [2.05, 4.69) is 46.7 Å². The van der Waals surface area contributed by atoms with Gasteiger partial charge >= 0.3 is 5.97 Å². The van der Waals surface area contributed by atoms with Crippen molar-refractivity contribution in [3.63, 3.8) is 0 Å². The molecule has 2 aromatic carbocycles. The molecule has 0 bridgehead atoms. The van der Waals surface area contributed by atoms with Crippen LogP contribution in [0.25, 0.3) is 5.78 Å². The molecule has 0 radical (unpaired) electrons. The Bertz CT molecular complexity index is 2860. The number of hydrogen-bond donors (Lipinski definition) is 10. The van der Waals surface area contributed by atoms with Crippen LogP contribution in [0.15, 0.2) is 69.3 Å². The number of carboxylic acid groups (broad SMARTS) is 1. The zero-order valence-electron chi connectivity index (χ0n) is 33.9. The molecule has 5 aromatic rings. The third-order valence-corrected chi connectivity index (χ3v) is 12.5. The molecule has 5 heterocycles. The Hall–Kier alpha value is -7.65. The van der Waals surface area contributed by atoms with Crippen LogP contribution in [-0.4, -0.2) is 125 Å². The van der Waals surface area contributed by atoms with Gasteiger partial charge in [-0.15, -0.1) is 40.0 Å². The van der Waals surface area contributed by atoms with Gasteiger partial charge in [-0.25, -0.2) is 14.8 Å². The van der Waals surface area contributed by atoms with Gasteiger partial charge in [-0.05, 0) is 68.8 Å². The number of nitrogens with one attached hydrogen (secondary N) is 4. The number of aliphatic carboxylic acids is 1. The Morgan fingerprint density at radius 2 is 1.63 bits per heavy atom. The lowest BCUT2D eigenvalue weighted by Gasteiger charge is -2.49. The number of β-lactam (4-membered cyclic amide) rings is 1. The molecule has 1 fully saturated rings. The molecule has 0 unspecified atom stereocenters. The number of carboxylic acids is 1. The molecule has 7 rings (SSSR count). The fourth-order valence-corrected chi connectivity index (χ4v) is 9.15. The summed E-state index contributed by atoms with van der Waals surface area (Å²) in [6, 6.07) is 7.38. The Morgan fingerprint density at radius 1 is 0.954 bits per heavy atom. The molecule has 11 N–H and O–H groups in total. The zero-order valence-corrected chi connectivity index (χ0v) is 36.4. The molecule has 338 valence electrons. The van der Waals surface area contributed by atoms with Crippen molar-refractivity contribution < 1.29 is 59.1 Å². The highest BCUT2D eigenvalue weighted by Crippen LogP contribution is 2.42. The zero-order chi connectivity index (χ0) is 46.9. The third kappa shape index (κ3) is 9.65. The van der Waals surface area contributed by atoms with Crippen LogP contribution in [0.2, 0.25) is 0 Å². The van der Waals surface area contributed by atoms with Crippen molar-refractivity contribution in [3.05, 3.63) is 87.5 Å². The van der Waals surface area contributed by atoms with Crippen molar-refractivity contribution in [2.45, 2.75) is 49.4 Å². The van der Waals surface area contributed by atoms with Crippen molar-refractivity contribution in [3.8, 4) is 23.0 Å². The average Bonchev–Trinajstić information content (AvgIpc) is 3.89. The number of fused-ring (bicyclic) bond motifs is 2. The minimum Gasteiger partial charge on any atom is -0.504 e. The summed E-state index contributed by atoms with van der Waals surface area (Å²) in [6.07, 6.45) is 0. The molecule has 24 nitrogen and oxygen atoms in total. The van der Waals surface area contributed by atoms with Crippen LogP contribution in [0, 0.1) is 6.92 Å². The molecule has 1 saturated heterocycles. The van der Waals surface area contributed by atoms with E-state index in [0.717, 1.165) is 34.4 Å². The van der Waals surface area contributed by atoms with E-state index in [1.807, 2.05) is 0 Å². The number of nitrogens with two attached hydrogens (primary N) is 1. The van der Waals surface area contributed by atoms with E-state index in [4.69, 9.17) is 10.6 Å². The smallest absolute Gasteiger partial charge is 0.352 e. The van der Waals surface area contributed by atoms with Gasteiger partial charge in [0.2, 0.25) is 5.60 Å². The van der Waals surface area contributed by atoms with Gasteiger partial charge < -0.3 is 46.7 Å². The number of thioether (sulfide) groups is 2. The summed E-state index contributed by atoms with van der Waals surface area (Å²) in [7, 11) is 0. The third-order valence-electron chi connectivity index (χ3n) is 9.45. The van der Waals surface area contributed by atoms with Gasteiger partial charge in [-0.3, -0.25) is 39.7 Å². The van der Waals surface area contributed by atoms with E-state index in [1.54, 1.807) is 13.0 Å². The van der Waals surface area contributed by atoms with Gasteiger partial charge in [0, 0.05) is 33.7 Å². The summed E-state index contributed by atoms with van der Waals surface area (Å²) in [6.45, 7) is 4.17.